The van der Waals surface area contributed by atoms with Gasteiger partial charge < -0.3 is 9.52 Å². The van der Waals surface area contributed by atoms with Gasteiger partial charge in [0.2, 0.25) is 0 Å². The third-order valence-electron chi connectivity index (χ3n) is 12.5. The largest absolute Gasteiger partial charge is 0.509 e. The van der Waals surface area contributed by atoms with Crippen molar-refractivity contribution in [3.63, 3.8) is 0 Å². The van der Waals surface area contributed by atoms with Gasteiger partial charge in [-0.25, -0.2) is 4.98 Å². The van der Waals surface area contributed by atoms with Crippen LogP contribution in [0.5, 0.6) is 5.75 Å². The lowest BCUT2D eigenvalue weighted by Gasteiger charge is -2.24. The minimum absolute atomic E-state index is 0.00304. The lowest BCUT2D eigenvalue weighted by atomic mass is 9.59. The number of phenolic OH excluding ortho intramolecular Hbond substituents is 1. The van der Waals surface area contributed by atoms with Crippen molar-refractivity contribution in [2.75, 3.05) is 0 Å². The number of para-hydroxylation sites is 4. The summed E-state index contributed by atoms with van der Waals surface area (Å²) in [7, 11) is 58.5. The second-order valence-electron chi connectivity index (χ2n) is 15.9. The Balaban J connectivity index is 1.30. The number of imidazole rings is 1. The first-order valence-corrected chi connectivity index (χ1v) is 20.4. The molecule has 0 unspecified atom stereocenters. The first kappa shape index (κ1) is 40.0. The van der Waals surface area contributed by atoms with Gasteiger partial charge in [0, 0.05) is 21.9 Å². The van der Waals surface area contributed by atoms with Crippen molar-refractivity contribution in [3.05, 3.63) is 133 Å². The Kier molecular flexibility index (Phi) is 9.29. The maximum absolute atomic E-state index is 11.1. The van der Waals surface area contributed by atoms with E-state index in [1.807, 2.05) is 95.6 Å². The van der Waals surface area contributed by atoms with Gasteiger partial charge in [0.25, 0.3) is 0 Å². The van der Waals surface area contributed by atoms with E-state index in [0.717, 1.165) is 76.9 Å². The Morgan fingerprint density at radius 2 is 0.969 bits per heavy atom. The number of benzene rings is 9. The average molecular weight is 793 g/mol. The molecule has 13 heteroatoms. The molecule has 64 heavy (non-hydrogen) atoms. The van der Waals surface area contributed by atoms with Gasteiger partial charge in [-0.15, -0.1) is 21.9 Å². The van der Waals surface area contributed by atoms with Crippen molar-refractivity contribution in [2.45, 2.75) is 0 Å². The standard InChI is InChI=1S/C51H23B9N2O2/c52-41-36(42(53)46(57)48(59)45(41)56)23-20-21-26-30(22-23)38(29-14-9-19-35-39(29)28-13-4-8-18-34(28)64-35)25-11-2-1-10-24(25)37(26)27-12-3-6-16-32(27)62-33-17-7-5-15-31(33)61-51(62)40-43(54)47(58)49(60)50(63)44(40)55/h1-22,63H. The van der Waals surface area contributed by atoms with Crippen LogP contribution in [0.3, 0.4) is 0 Å². The Bertz CT molecular complexity index is 3760. The van der Waals surface area contributed by atoms with E-state index in [1.54, 1.807) is 0 Å². The second kappa shape index (κ2) is 14.9. The molecule has 0 atom stereocenters. The van der Waals surface area contributed by atoms with Gasteiger partial charge in [-0.1, -0.05) is 119 Å². The predicted octanol–water partition coefficient (Wildman–Crippen LogP) is 2.75. The van der Waals surface area contributed by atoms with E-state index < -0.39 is 0 Å². The number of nitrogens with zero attached hydrogens (tertiary/aromatic N) is 2. The zero-order chi connectivity index (χ0) is 44.3. The van der Waals surface area contributed by atoms with Crippen LogP contribution < -0.4 is 49.2 Å². The number of hydrogen-bond acceptors (Lipinski definition) is 3. The van der Waals surface area contributed by atoms with Crippen molar-refractivity contribution in [2.24, 2.45) is 0 Å². The topological polar surface area (TPSA) is 51.2 Å². The number of furan rings is 1. The third kappa shape index (κ3) is 5.72. The molecule has 11 rings (SSSR count). The van der Waals surface area contributed by atoms with Crippen LogP contribution in [-0.4, -0.2) is 85.3 Å². The maximum atomic E-state index is 11.1. The summed E-state index contributed by atoms with van der Waals surface area (Å²) in [4.78, 5) is 5.07. The molecule has 0 saturated carbocycles. The molecular formula is C51H23B9N2O2. The number of hydrogen-bond donors (Lipinski definition) is 1. The molecule has 0 amide bonds. The lowest BCUT2D eigenvalue weighted by molar-refractivity contribution is 0.484. The molecule has 0 aliphatic rings. The molecule has 0 aliphatic carbocycles. The molecule has 9 aromatic carbocycles. The molecule has 0 aliphatic heterocycles. The summed E-state index contributed by atoms with van der Waals surface area (Å²) in [6.45, 7) is 0. The van der Waals surface area contributed by atoms with E-state index in [2.05, 4.69) is 42.5 Å². The van der Waals surface area contributed by atoms with Crippen LogP contribution in [0.2, 0.25) is 0 Å². The summed E-state index contributed by atoms with van der Waals surface area (Å²) < 4.78 is 8.43. The fourth-order valence-corrected chi connectivity index (χ4v) is 9.43. The zero-order valence-corrected chi connectivity index (χ0v) is 34.1. The maximum Gasteiger partial charge on any atom is 0.144 e. The highest BCUT2D eigenvalue weighted by Crippen LogP contribution is 2.49. The van der Waals surface area contributed by atoms with Crippen molar-refractivity contribution >= 4 is 174 Å². The molecule has 0 fully saturated rings. The van der Waals surface area contributed by atoms with Crippen LogP contribution in [0.4, 0.5) is 0 Å². The molecule has 0 saturated heterocycles. The van der Waals surface area contributed by atoms with Crippen LogP contribution in [0.15, 0.2) is 138 Å². The minimum Gasteiger partial charge on any atom is -0.509 e. The van der Waals surface area contributed by atoms with E-state index in [1.165, 1.54) is 0 Å². The van der Waals surface area contributed by atoms with Crippen molar-refractivity contribution in [1.82, 2.24) is 9.55 Å². The number of phenols is 1. The van der Waals surface area contributed by atoms with Gasteiger partial charge in [0.05, 0.1) is 16.7 Å². The summed E-state index contributed by atoms with van der Waals surface area (Å²) in [5.41, 5.74) is 9.67. The average Bonchev–Trinajstić information content (AvgIpc) is 3.90. The second-order valence-corrected chi connectivity index (χ2v) is 15.9. The van der Waals surface area contributed by atoms with Crippen LogP contribution in [0.1, 0.15) is 0 Å². The Morgan fingerprint density at radius 3 is 1.72 bits per heavy atom. The van der Waals surface area contributed by atoms with E-state index >= 15 is 0 Å². The summed E-state index contributed by atoms with van der Waals surface area (Å²) in [6.07, 6.45) is 0. The van der Waals surface area contributed by atoms with Gasteiger partial charge in [-0.3, -0.25) is 4.57 Å². The number of aromatic nitrogens is 2. The van der Waals surface area contributed by atoms with E-state index in [4.69, 9.17) is 80.0 Å². The smallest absolute Gasteiger partial charge is 0.144 e. The van der Waals surface area contributed by atoms with Crippen LogP contribution >= 0.6 is 0 Å². The van der Waals surface area contributed by atoms with Gasteiger partial charge in [0.1, 0.15) is 93.4 Å². The molecule has 1 N–H and O–H groups in total. The Morgan fingerprint density at radius 1 is 0.422 bits per heavy atom. The normalized spacial score (nSPS) is 11.8. The minimum atomic E-state index is -0.372. The molecule has 11 aromatic rings. The third-order valence-corrected chi connectivity index (χ3v) is 12.5. The van der Waals surface area contributed by atoms with E-state index in [0.29, 0.717) is 22.5 Å². The highest BCUT2D eigenvalue weighted by atomic mass is 16.3. The molecule has 276 valence electrons. The molecular weight excluding hydrogens is 770 g/mol. The SMILES string of the molecule is [B]c1c([B])c([B])c(-c2ccc3c(-c4ccccc4-n4c(-c5c([B])c([B])c([B])c(O)c5[B])nc5ccccc54)c4ccccc4c(-c4cccc5oc6ccccc6c45)c3c2)c([B])c1[B]. The summed E-state index contributed by atoms with van der Waals surface area (Å²) in [5, 5.41) is 16.8. The molecule has 2 heterocycles. The first-order valence-electron chi connectivity index (χ1n) is 20.4. The Labute approximate surface area is 381 Å². The summed E-state index contributed by atoms with van der Waals surface area (Å²) in [5.74, 6) is -0.00978. The van der Waals surface area contributed by atoms with Crippen molar-refractivity contribution in [3.8, 4) is 56.2 Å². The highest BCUT2D eigenvalue weighted by molar-refractivity contribution is 6.69. The molecule has 2 aromatic heterocycles. The molecule has 0 bridgehead atoms. The van der Waals surface area contributed by atoms with E-state index in [9.17, 15) is 5.11 Å². The van der Waals surface area contributed by atoms with Gasteiger partial charge in [0.15, 0.2) is 0 Å². The van der Waals surface area contributed by atoms with Gasteiger partial charge in [-0.2, -0.15) is 0 Å². The fraction of sp³-hybridized carbons (Fsp3) is 0. The van der Waals surface area contributed by atoms with Gasteiger partial charge in [-0.05, 0) is 91.2 Å². The van der Waals surface area contributed by atoms with Gasteiger partial charge >= 0.3 is 0 Å². The highest BCUT2D eigenvalue weighted by Gasteiger charge is 2.26. The molecule has 0 spiro atoms. The fourth-order valence-electron chi connectivity index (χ4n) is 9.43. The van der Waals surface area contributed by atoms with Crippen LogP contribution in [0, 0.1) is 0 Å². The van der Waals surface area contributed by atoms with Crippen LogP contribution in [0.25, 0.3) is 105 Å². The quantitative estimate of drug-likeness (QED) is 0.216. The lowest BCUT2D eigenvalue weighted by Crippen LogP contribution is -2.55. The first-order chi connectivity index (χ1) is 31.0. The predicted molar refractivity (Wildman–Crippen MR) is 275 cm³/mol. The zero-order valence-electron chi connectivity index (χ0n) is 34.1. The number of fused-ring (bicyclic) bond motifs is 6. The molecule has 18 radical (unpaired) electrons. The number of aromatic hydroxyl groups is 1. The monoisotopic (exact) mass is 794 g/mol. The number of rotatable bonds is 5. The summed E-state index contributed by atoms with van der Waals surface area (Å²) >= 11 is 0. The molecule has 4 nitrogen and oxygen atoms in total. The summed E-state index contributed by atoms with van der Waals surface area (Å²) in [6, 6.07) is 44.4. The Hall–Kier alpha value is -6.85. The van der Waals surface area contributed by atoms with Crippen molar-refractivity contribution in [1.29, 1.82) is 0 Å². The van der Waals surface area contributed by atoms with E-state index in [-0.39, 0.29) is 60.5 Å². The van der Waals surface area contributed by atoms with Crippen molar-refractivity contribution < 1.29 is 9.52 Å². The van der Waals surface area contributed by atoms with Crippen LogP contribution in [-0.2, 0) is 0 Å².